The molecule has 4 heteroatoms. The number of carbonyl (C=O) groups is 1. The maximum absolute atomic E-state index is 11.6. The van der Waals surface area contributed by atoms with Crippen molar-refractivity contribution < 1.29 is 4.79 Å². The standard InChI is InChI=1S/C13H17N3O/c1-16-8-6-12(10-16)15-13(17)5-4-11-3-2-7-14-9-11/h2-5,7,9,12H,6,8,10H2,1H3,(H,15,17)/b5-4+/t12-/m1/s1. The summed E-state index contributed by atoms with van der Waals surface area (Å²) >= 11 is 0. The van der Waals surface area contributed by atoms with Crippen LogP contribution < -0.4 is 5.32 Å². The van der Waals surface area contributed by atoms with E-state index in [9.17, 15) is 4.79 Å². The van der Waals surface area contributed by atoms with Gasteiger partial charge in [0.05, 0.1) is 0 Å². The molecule has 2 rings (SSSR count). The highest BCUT2D eigenvalue weighted by Crippen LogP contribution is 2.06. The van der Waals surface area contributed by atoms with Crippen molar-refractivity contribution in [1.82, 2.24) is 15.2 Å². The second kappa shape index (κ2) is 5.59. The topological polar surface area (TPSA) is 45.2 Å². The van der Waals surface area contributed by atoms with Gasteiger partial charge in [-0.05, 0) is 37.7 Å². The molecule has 90 valence electrons. The minimum Gasteiger partial charge on any atom is -0.348 e. The quantitative estimate of drug-likeness (QED) is 0.787. The van der Waals surface area contributed by atoms with E-state index in [4.69, 9.17) is 0 Å². The predicted octanol–water partition coefficient (Wildman–Crippen LogP) is 0.915. The van der Waals surface area contributed by atoms with Crippen molar-refractivity contribution in [3.05, 3.63) is 36.2 Å². The third kappa shape index (κ3) is 3.67. The Balaban J connectivity index is 1.83. The minimum atomic E-state index is -0.0332. The summed E-state index contributed by atoms with van der Waals surface area (Å²) < 4.78 is 0. The first-order valence-electron chi connectivity index (χ1n) is 5.81. The van der Waals surface area contributed by atoms with Crippen LogP contribution in [0.25, 0.3) is 6.08 Å². The number of likely N-dealkylation sites (N-methyl/N-ethyl adjacent to an activating group) is 1. The molecular formula is C13H17N3O. The first kappa shape index (κ1) is 11.8. The molecule has 1 N–H and O–H groups in total. The van der Waals surface area contributed by atoms with E-state index in [2.05, 4.69) is 22.2 Å². The van der Waals surface area contributed by atoms with Gasteiger partial charge in [0.15, 0.2) is 0 Å². The Kier molecular flexibility index (Phi) is 3.88. The predicted molar refractivity (Wildman–Crippen MR) is 67.3 cm³/mol. The normalized spacial score (nSPS) is 20.9. The van der Waals surface area contributed by atoms with E-state index >= 15 is 0 Å². The Morgan fingerprint density at radius 1 is 1.65 bits per heavy atom. The molecule has 0 aromatic carbocycles. The average molecular weight is 231 g/mol. The second-order valence-corrected chi connectivity index (χ2v) is 4.38. The fourth-order valence-corrected chi connectivity index (χ4v) is 1.95. The highest BCUT2D eigenvalue weighted by atomic mass is 16.1. The number of rotatable bonds is 3. The van der Waals surface area contributed by atoms with Gasteiger partial charge in [-0.1, -0.05) is 6.07 Å². The van der Waals surface area contributed by atoms with Crippen molar-refractivity contribution in [2.45, 2.75) is 12.5 Å². The van der Waals surface area contributed by atoms with E-state index in [-0.39, 0.29) is 11.9 Å². The number of carbonyl (C=O) groups excluding carboxylic acids is 1. The van der Waals surface area contributed by atoms with Crippen LogP contribution in [0, 0.1) is 0 Å². The molecule has 1 aliphatic heterocycles. The molecule has 1 aromatic heterocycles. The monoisotopic (exact) mass is 231 g/mol. The number of hydrogen-bond acceptors (Lipinski definition) is 3. The van der Waals surface area contributed by atoms with E-state index < -0.39 is 0 Å². The van der Waals surface area contributed by atoms with Crippen LogP contribution in [0.1, 0.15) is 12.0 Å². The molecule has 0 spiro atoms. The Morgan fingerprint density at radius 2 is 2.53 bits per heavy atom. The van der Waals surface area contributed by atoms with Crippen molar-refractivity contribution in [2.24, 2.45) is 0 Å². The maximum atomic E-state index is 11.6. The molecule has 0 aliphatic carbocycles. The van der Waals surface area contributed by atoms with Gasteiger partial charge in [-0.15, -0.1) is 0 Å². The smallest absolute Gasteiger partial charge is 0.244 e. The molecule has 1 fully saturated rings. The molecule has 0 unspecified atom stereocenters. The van der Waals surface area contributed by atoms with E-state index in [0.717, 1.165) is 25.1 Å². The number of aromatic nitrogens is 1. The molecule has 1 aliphatic rings. The van der Waals surface area contributed by atoms with Gasteiger partial charge >= 0.3 is 0 Å². The summed E-state index contributed by atoms with van der Waals surface area (Å²) in [5.41, 5.74) is 0.936. The van der Waals surface area contributed by atoms with E-state index in [0.29, 0.717) is 0 Å². The van der Waals surface area contributed by atoms with Gasteiger partial charge in [0.1, 0.15) is 0 Å². The molecule has 1 amide bonds. The zero-order valence-electron chi connectivity index (χ0n) is 9.97. The molecule has 0 bridgehead atoms. The molecule has 2 heterocycles. The van der Waals surface area contributed by atoms with Crippen LogP contribution in [0.15, 0.2) is 30.6 Å². The number of likely N-dealkylation sites (tertiary alicyclic amines) is 1. The Bertz CT molecular complexity index is 402. The summed E-state index contributed by atoms with van der Waals surface area (Å²) in [4.78, 5) is 17.8. The van der Waals surface area contributed by atoms with Crippen LogP contribution in [0.4, 0.5) is 0 Å². The summed E-state index contributed by atoms with van der Waals surface area (Å²) in [6.45, 7) is 1.99. The van der Waals surface area contributed by atoms with Crippen molar-refractivity contribution in [3.63, 3.8) is 0 Å². The SMILES string of the molecule is CN1CC[C@@H](NC(=O)/C=C/c2cccnc2)C1. The molecule has 1 aromatic rings. The Hall–Kier alpha value is -1.68. The van der Waals surface area contributed by atoms with Crippen LogP contribution in [0.2, 0.25) is 0 Å². The number of nitrogens with zero attached hydrogens (tertiary/aromatic N) is 2. The van der Waals surface area contributed by atoms with Gasteiger partial charge in [0.25, 0.3) is 0 Å². The maximum Gasteiger partial charge on any atom is 0.244 e. The van der Waals surface area contributed by atoms with E-state index in [1.807, 2.05) is 12.1 Å². The Labute approximate surface area is 101 Å². The molecule has 1 saturated heterocycles. The van der Waals surface area contributed by atoms with Crippen molar-refractivity contribution in [3.8, 4) is 0 Å². The Morgan fingerprint density at radius 3 is 3.18 bits per heavy atom. The summed E-state index contributed by atoms with van der Waals surface area (Å²) in [5, 5.41) is 2.99. The lowest BCUT2D eigenvalue weighted by Gasteiger charge is -2.10. The third-order valence-electron chi connectivity index (χ3n) is 2.85. The van der Waals surface area contributed by atoms with E-state index in [1.54, 1.807) is 24.5 Å². The van der Waals surface area contributed by atoms with Gasteiger partial charge in [-0.3, -0.25) is 9.78 Å². The zero-order chi connectivity index (χ0) is 12.1. The number of pyridine rings is 1. The van der Waals surface area contributed by atoms with Gasteiger partial charge < -0.3 is 10.2 Å². The lowest BCUT2D eigenvalue weighted by Crippen LogP contribution is -2.35. The van der Waals surface area contributed by atoms with Crippen LogP contribution >= 0.6 is 0 Å². The average Bonchev–Trinajstić information content (AvgIpc) is 2.73. The van der Waals surface area contributed by atoms with Gasteiger partial charge in [-0.2, -0.15) is 0 Å². The molecule has 1 atom stereocenters. The third-order valence-corrected chi connectivity index (χ3v) is 2.85. The van der Waals surface area contributed by atoms with Crippen molar-refractivity contribution in [2.75, 3.05) is 20.1 Å². The van der Waals surface area contributed by atoms with Gasteiger partial charge in [-0.25, -0.2) is 0 Å². The van der Waals surface area contributed by atoms with Crippen LogP contribution in [0.3, 0.4) is 0 Å². The summed E-state index contributed by atoms with van der Waals surface area (Å²) in [6, 6.07) is 4.05. The largest absolute Gasteiger partial charge is 0.348 e. The summed E-state index contributed by atoms with van der Waals surface area (Å²) in [6.07, 6.45) is 7.82. The number of nitrogens with one attached hydrogen (secondary N) is 1. The van der Waals surface area contributed by atoms with Crippen LogP contribution in [0.5, 0.6) is 0 Å². The minimum absolute atomic E-state index is 0.0332. The molecule has 0 saturated carbocycles. The molecule has 0 radical (unpaired) electrons. The lowest BCUT2D eigenvalue weighted by atomic mass is 10.2. The van der Waals surface area contributed by atoms with E-state index in [1.165, 1.54) is 0 Å². The number of hydrogen-bond donors (Lipinski definition) is 1. The fraction of sp³-hybridized carbons (Fsp3) is 0.385. The summed E-state index contributed by atoms with van der Waals surface area (Å²) in [7, 11) is 2.07. The van der Waals surface area contributed by atoms with Gasteiger partial charge in [0, 0.05) is 31.1 Å². The number of amides is 1. The molecule has 17 heavy (non-hydrogen) atoms. The van der Waals surface area contributed by atoms with Crippen LogP contribution in [-0.4, -0.2) is 42.0 Å². The van der Waals surface area contributed by atoms with Crippen molar-refractivity contribution in [1.29, 1.82) is 0 Å². The molecular weight excluding hydrogens is 214 g/mol. The highest BCUT2D eigenvalue weighted by molar-refractivity contribution is 5.91. The lowest BCUT2D eigenvalue weighted by molar-refractivity contribution is -0.117. The first-order valence-corrected chi connectivity index (χ1v) is 5.81. The van der Waals surface area contributed by atoms with Crippen LogP contribution in [-0.2, 0) is 4.79 Å². The second-order valence-electron chi connectivity index (χ2n) is 4.38. The first-order chi connectivity index (χ1) is 8.24. The van der Waals surface area contributed by atoms with Crippen molar-refractivity contribution >= 4 is 12.0 Å². The highest BCUT2D eigenvalue weighted by Gasteiger charge is 2.19. The van der Waals surface area contributed by atoms with Gasteiger partial charge in [0.2, 0.25) is 5.91 Å². The molecule has 4 nitrogen and oxygen atoms in total. The fourth-order valence-electron chi connectivity index (χ4n) is 1.95. The summed E-state index contributed by atoms with van der Waals surface area (Å²) in [5.74, 6) is -0.0332. The zero-order valence-corrected chi connectivity index (χ0v) is 9.97.